The smallest absolute Gasteiger partial charge is 0.475 e. The third-order valence-electron chi connectivity index (χ3n) is 6.51. The van der Waals surface area contributed by atoms with Gasteiger partial charge in [0.1, 0.15) is 0 Å². The summed E-state index contributed by atoms with van der Waals surface area (Å²) < 4.78 is 31.7. The van der Waals surface area contributed by atoms with Crippen molar-refractivity contribution in [1.82, 2.24) is 14.9 Å². The standard InChI is InChI=1S/C24H28N6O2.C2HF3O2/c1-26-22-14-27-23(29-22)24(32)28-20-8-7-18(13-19(20)17-5-3-2-4-6-17)16-9-11-30(12-10-16)15-21(25)31;3-2(4,5)1(6)7/h5,7-8,13-14,16H,2-4,6,9-12,15H2,(H2,25,31)(H,27,29)(H,28,32);(H,6,7). The Bertz CT molecular complexity index is 1270. The molecule has 1 aliphatic heterocycles. The van der Waals surface area contributed by atoms with E-state index in [2.05, 4.69) is 43.2 Å². The number of nitrogens with two attached hydrogens (primary N) is 1. The molecule has 0 atom stereocenters. The molecular formula is C26H29F3N6O4. The number of aromatic amines is 1. The van der Waals surface area contributed by atoms with E-state index in [1.807, 2.05) is 6.07 Å². The van der Waals surface area contributed by atoms with E-state index in [1.54, 1.807) is 0 Å². The van der Waals surface area contributed by atoms with Gasteiger partial charge < -0.3 is 21.0 Å². The molecule has 10 nitrogen and oxygen atoms in total. The van der Waals surface area contributed by atoms with Crippen molar-refractivity contribution in [3.05, 3.63) is 58.8 Å². The Labute approximate surface area is 222 Å². The summed E-state index contributed by atoms with van der Waals surface area (Å²) in [5, 5.41) is 10.1. The van der Waals surface area contributed by atoms with Gasteiger partial charge in [-0.1, -0.05) is 18.7 Å². The van der Waals surface area contributed by atoms with Gasteiger partial charge in [0.2, 0.25) is 11.7 Å². The fourth-order valence-electron chi connectivity index (χ4n) is 4.58. The van der Waals surface area contributed by atoms with E-state index in [9.17, 15) is 22.8 Å². The average molecular weight is 547 g/mol. The zero-order chi connectivity index (χ0) is 28.6. The minimum Gasteiger partial charge on any atom is -0.475 e. The largest absolute Gasteiger partial charge is 0.490 e. The maximum Gasteiger partial charge on any atom is 0.490 e. The minimum absolute atomic E-state index is 0.130. The molecule has 1 fully saturated rings. The van der Waals surface area contributed by atoms with Crippen LogP contribution in [0.4, 0.5) is 24.7 Å². The number of alkyl halides is 3. The molecule has 1 saturated heterocycles. The fourth-order valence-corrected chi connectivity index (χ4v) is 4.58. The number of anilines is 1. The quantitative estimate of drug-likeness (QED) is 0.394. The number of carboxylic acid groups (broad SMARTS) is 1. The van der Waals surface area contributed by atoms with E-state index in [-0.39, 0.29) is 23.5 Å². The highest BCUT2D eigenvalue weighted by molar-refractivity contribution is 6.03. The molecule has 0 radical (unpaired) electrons. The molecule has 2 amide bonds. The van der Waals surface area contributed by atoms with Gasteiger partial charge in [-0.05, 0) is 80.8 Å². The first-order valence-electron chi connectivity index (χ1n) is 12.4. The number of likely N-dealkylation sites (tertiary alicyclic amines) is 1. The van der Waals surface area contributed by atoms with Crippen molar-refractivity contribution in [2.45, 2.75) is 50.6 Å². The monoisotopic (exact) mass is 546 g/mol. The Morgan fingerprint density at radius 2 is 1.92 bits per heavy atom. The van der Waals surface area contributed by atoms with Gasteiger partial charge in [-0.25, -0.2) is 9.78 Å². The van der Waals surface area contributed by atoms with Crippen molar-refractivity contribution in [3.8, 4) is 0 Å². The number of piperidine rings is 1. The molecule has 1 aromatic carbocycles. The minimum atomic E-state index is -5.08. The van der Waals surface area contributed by atoms with E-state index < -0.39 is 12.1 Å². The summed E-state index contributed by atoms with van der Waals surface area (Å²) in [6.07, 6.45) is 4.87. The lowest BCUT2D eigenvalue weighted by Gasteiger charge is -2.31. The van der Waals surface area contributed by atoms with Gasteiger partial charge in [-0.15, -0.1) is 0 Å². The Kier molecular flexibility index (Phi) is 9.84. The third-order valence-corrected chi connectivity index (χ3v) is 6.51. The molecule has 0 saturated carbocycles. The molecule has 2 aliphatic rings. The Balaban J connectivity index is 0.000000532. The van der Waals surface area contributed by atoms with Gasteiger partial charge in [0.15, 0.2) is 0 Å². The summed E-state index contributed by atoms with van der Waals surface area (Å²) >= 11 is 0. The molecule has 0 spiro atoms. The van der Waals surface area contributed by atoms with Crippen LogP contribution in [0, 0.1) is 6.57 Å². The number of amides is 2. The Hall–Kier alpha value is -4.18. The molecule has 1 aromatic heterocycles. The number of benzene rings is 1. The number of imidazole rings is 1. The van der Waals surface area contributed by atoms with E-state index in [1.165, 1.54) is 23.8 Å². The maximum absolute atomic E-state index is 12.7. The number of rotatable bonds is 6. The van der Waals surface area contributed by atoms with Crippen LogP contribution in [0.2, 0.25) is 0 Å². The van der Waals surface area contributed by atoms with Crippen LogP contribution in [0.3, 0.4) is 0 Å². The number of allylic oxidation sites excluding steroid dienone is 2. The summed E-state index contributed by atoms with van der Waals surface area (Å²) in [7, 11) is 0. The summed E-state index contributed by atoms with van der Waals surface area (Å²) in [5.74, 6) is -2.61. The number of hydrogen-bond acceptors (Lipinski definition) is 5. The van der Waals surface area contributed by atoms with Crippen molar-refractivity contribution in [2.75, 3.05) is 25.0 Å². The van der Waals surface area contributed by atoms with Gasteiger partial charge >= 0.3 is 18.1 Å². The zero-order valence-electron chi connectivity index (χ0n) is 21.1. The number of carboxylic acids is 1. The number of hydrogen-bond donors (Lipinski definition) is 4. The number of nitrogens with one attached hydrogen (secondary N) is 2. The number of aromatic nitrogens is 2. The fraction of sp³-hybridized carbons (Fsp3) is 0.423. The summed E-state index contributed by atoms with van der Waals surface area (Å²) in [5.41, 5.74) is 9.69. The Morgan fingerprint density at radius 3 is 2.46 bits per heavy atom. The Morgan fingerprint density at radius 1 is 1.23 bits per heavy atom. The lowest BCUT2D eigenvalue weighted by Crippen LogP contribution is -2.39. The second-order valence-corrected chi connectivity index (χ2v) is 9.28. The van der Waals surface area contributed by atoms with Crippen molar-refractivity contribution >= 4 is 34.9 Å². The molecule has 1 aliphatic carbocycles. The van der Waals surface area contributed by atoms with Crippen molar-refractivity contribution in [1.29, 1.82) is 0 Å². The SMILES string of the molecule is O=C(O)C(F)(F)F.[C-]#[N+]c1cnc(C(=O)Nc2ccc(C3CCN(CC(N)=O)CC3)cc2C2=CCCCC2)[nH]1. The predicted molar refractivity (Wildman–Crippen MR) is 137 cm³/mol. The molecule has 0 bridgehead atoms. The highest BCUT2D eigenvalue weighted by Crippen LogP contribution is 2.36. The number of carbonyl (C=O) groups excluding carboxylic acids is 2. The summed E-state index contributed by atoms with van der Waals surface area (Å²) in [4.78, 5) is 44.9. The van der Waals surface area contributed by atoms with Gasteiger partial charge in [0.25, 0.3) is 5.82 Å². The zero-order valence-corrected chi connectivity index (χ0v) is 21.1. The van der Waals surface area contributed by atoms with Crippen LogP contribution in [-0.2, 0) is 9.59 Å². The van der Waals surface area contributed by atoms with Crippen LogP contribution in [0.1, 0.15) is 66.2 Å². The second kappa shape index (κ2) is 13.1. The number of aliphatic carboxylic acids is 1. The van der Waals surface area contributed by atoms with Gasteiger partial charge in [-0.3, -0.25) is 19.5 Å². The average Bonchev–Trinajstić information content (AvgIpc) is 3.39. The van der Waals surface area contributed by atoms with E-state index in [0.717, 1.165) is 56.4 Å². The lowest BCUT2D eigenvalue weighted by molar-refractivity contribution is -0.192. The molecule has 4 rings (SSSR count). The van der Waals surface area contributed by atoms with Gasteiger partial charge in [0, 0.05) is 11.3 Å². The number of primary amides is 1. The van der Waals surface area contributed by atoms with Crippen LogP contribution in [-0.4, -0.2) is 63.6 Å². The maximum atomic E-state index is 12.7. The van der Waals surface area contributed by atoms with Crippen LogP contribution >= 0.6 is 0 Å². The molecule has 39 heavy (non-hydrogen) atoms. The lowest BCUT2D eigenvalue weighted by atomic mass is 9.85. The normalized spacial score (nSPS) is 16.3. The van der Waals surface area contributed by atoms with Crippen LogP contribution in [0.25, 0.3) is 10.4 Å². The third kappa shape index (κ3) is 8.41. The van der Waals surface area contributed by atoms with Crippen molar-refractivity contribution in [3.63, 3.8) is 0 Å². The number of H-pyrrole nitrogens is 1. The first-order chi connectivity index (χ1) is 18.5. The van der Waals surface area contributed by atoms with Gasteiger partial charge in [-0.2, -0.15) is 13.2 Å². The predicted octanol–water partition coefficient (Wildman–Crippen LogP) is 4.47. The molecule has 13 heteroatoms. The first-order valence-corrected chi connectivity index (χ1v) is 12.4. The molecular weight excluding hydrogens is 517 g/mol. The highest BCUT2D eigenvalue weighted by Gasteiger charge is 2.38. The van der Waals surface area contributed by atoms with Crippen molar-refractivity contribution < 1.29 is 32.7 Å². The summed E-state index contributed by atoms with van der Waals surface area (Å²) in [6.45, 7) is 9.07. The van der Waals surface area contributed by atoms with E-state index in [0.29, 0.717) is 12.5 Å². The first kappa shape index (κ1) is 29.4. The van der Waals surface area contributed by atoms with Gasteiger partial charge in [0.05, 0.1) is 12.7 Å². The van der Waals surface area contributed by atoms with E-state index in [4.69, 9.17) is 22.2 Å². The molecule has 2 aromatic rings. The molecule has 208 valence electrons. The molecule has 5 N–H and O–H groups in total. The summed E-state index contributed by atoms with van der Waals surface area (Å²) in [6, 6.07) is 6.28. The number of carbonyl (C=O) groups is 3. The molecule has 0 unspecified atom stereocenters. The van der Waals surface area contributed by atoms with Crippen molar-refractivity contribution in [2.24, 2.45) is 5.73 Å². The number of nitrogens with zero attached hydrogens (tertiary/aromatic N) is 3. The van der Waals surface area contributed by atoms with Crippen LogP contribution in [0.15, 0.2) is 30.5 Å². The van der Waals surface area contributed by atoms with E-state index >= 15 is 0 Å². The van der Waals surface area contributed by atoms with Crippen LogP contribution < -0.4 is 11.1 Å². The topological polar surface area (TPSA) is 146 Å². The highest BCUT2D eigenvalue weighted by atomic mass is 19.4. The molecule has 2 heterocycles. The second-order valence-electron chi connectivity index (χ2n) is 9.28. The van der Waals surface area contributed by atoms with Crippen LogP contribution in [0.5, 0.6) is 0 Å². The number of halogens is 3.